The van der Waals surface area contributed by atoms with Gasteiger partial charge >= 0.3 is 5.97 Å². The maximum atomic E-state index is 11.7. The summed E-state index contributed by atoms with van der Waals surface area (Å²) in [5, 5.41) is 13.4. The summed E-state index contributed by atoms with van der Waals surface area (Å²) in [7, 11) is 1.74. The first kappa shape index (κ1) is 14.2. The second kappa shape index (κ2) is 5.20. The van der Waals surface area contributed by atoms with Crippen LogP contribution in [0, 0.1) is 6.92 Å². The van der Waals surface area contributed by atoms with Crippen LogP contribution in [-0.2, 0) is 16.6 Å². The van der Waals surface area contributed by atoms with Crippen molar-refractivity contribution in [2.75, 3.05) is 0 Å². The second-order valence-electron chi connectivity index (χ2n) is 4.57. The Morgan fingerprint density at radius 2 is 2.00 bits per heavy atom. The van der Waals surface area contributed by atoms with Crippen molar-refractivity contribution in [1.82, 2.24) is 14.7 Å². The van der Waals surface area contributed by atoms with E-state index in [2.05, 4.69) is 5.10 Å². The molecular formula is C12H19N3O3. The molecule has 1 aromatic rings. The van der Waals surface area contributed by atoms with E-state index in [-0.39, 0.29) is 11.9 Å². The number of carboxylic acids is 1. The molecule has 0 radical (unpaired) electrons. The SMILES string of the molecule is CC(=O)N(C(C)C)C(C(=O)O)c1cnn(C)c1C. The molecule has 0 saturated carbocycles. The van der Waals surface area contributed by atoms with Gasteiger partial charge in [-0.05, 0) is 20.8 Å². The zero-order valence-electron chi connectivity index (χ0n) is 11.3. The van der Waals surface area contributed by atoms with Crippen LogP contribution in [0.3, 0.4) is 0 Å². The van der Waals surface area contributed by atoms with Crippen molar-refractivity contribution in [2.24, 2.45) is 7.05 Å². The van der Waals surface area contributed by atoms with Gasteiger partial charge in [-0.25, -0.2) is 4.79 Å². The summed E-state index contributed by atoms with van der Waals surface area (Å²) in [6, 6.07) is -1.18. The van der Waals surface area contributed by atoms with Gasteiger partial charge in [0.05, 0.1) is 6.20 Å². The molecule has 1 heterocycles. The predicted molar refractivity (Wildman–Crippen MR) is 66.0 cm³/mol. The molecule has 6 heteroatoms. The molecule has 1 amide bonds. The molecule has 0 saturated heterocycles. The number of carbonyl (C=O) groups excluding carboxylic acids is 1. The molecule has 0 spiro atoms. The Kier molecular flexibility index (Phi) is 4.11. The summed E-state index contributed by atoms with van der Waals surface area (Å²) >= 11 is 0. The molecule has 1 N–H and O–H groups in total. The fourth-order valence-corrected chi connectivity index (χ4v) is 2.03. The summed E-state index contributed by atoms with van der Waals surface area (Å²) in [4.78, 5) is 24.5. The number of amides is 1. The lowest BCUT2D eigenvalue weighted by atomic mass is 10.0. The summed E-state index contributed by atoms with van der Waals surface area (Å²) < 4.78 is 1.60. The minimum Gasteiger partial charge on any atom is -0.479 e. The van der Waals surface area contributed by atoms with E-state index < -0.39 is 12.0 Å². The largest absolute Gasteiger partial charge is 0.479 e. The number of aryl methyl sites for hydroxylation is 1. The maximum absolute atomic E-state index is 11.7. The quantitative estimate of drug-likeness (QED) is 0.872. The highest BCUT2D eigenvalue weighted by Crippen LogP contribution is 2.26. The molecule has 1 atom stereocenters. The van der Waals surface area contributed by atoms with Crippen LogP contribution < -0.4 is 0 Å². The van der Waals surface area contributed by atoms with Gasteiger partial charge in [0.15, 0.2) is 6.04 Å². The molecule has 0 aliphatic heterocycles. The minimum absolute atomic E-state index is 0.191. The van der Waals surface area contributed by atoms with Crippen LogP contribution in [0.15, 0.2) is 6.20 Å². The van der Waals surface area contributed by atoms with E-state index in [9.17, 15) is 14.7 Å². The van der Waals surface area contributed by atoms with E-state index in [4.69, 9.17) is 0 Å². The first-order valence-corrected chi connectivity index (χ1v) is 5.77. The number of aliphatic carboxylic acids is 1. The number of carbonyl (C=O) groups is 2. The Labute approximate surface area is 106 Å². The van der Waals surface area contributed by atoms with Crippen molar-refractivity contribution < 1.29 is 14.7 Å². The molecule has 1 aromatic heterocycles. The molecule has 0 bridgehead atoms. The Morgan fingerprint density at radius 1 is 1.44 bits per heavy atom. The first-order valence-electron chi connectivity index (χ1n) is 5.77. The van der Waals surface area contributed by atoms with E-state index in [1.807, 2.05) is 0 Å². The molecule has 1 unspecified atom stereocenters. The van der Waals surface area contributed by atoms with Crippen LogP contribution in [0.1, 0.15) is 38.1 Å². The normalized spacial score (nSPS) is 12.6. The molecular weight excluding hydrogens is 234 g/mol. The van der Waals surface area contributed by atoms with E-state index >= 15 is 0 Å². The van der Waals surface area contributed by atoms with Crippen LogP contribution in [0.2, 0.25) is 0 Å². The highest BCUT2D eigenvalue weighted by Gasteiger charge is 2.33. The lowest BCUT2D eigenvalue weighted by molar-refractivity contribution is -0.151. The molecule has 100 valence electrons. The van der Waals surface area contributed by atoms with Crippen LogP contribution in [0.25, 0.3) is 0 Å². The molecule has 0 fully saturated rings. The summed E-state index contributed by atoms with van der Waals surface area (Å²) in [6.07, 6.45) is 1.51. The maximum Gasteiger partial charge on any atom is 0.331 e. The van der Waals surface area contributed by atoms with Crippen LogP contribution >= 0.6 is 0 Å². The van der Waals surface area contributed by atoms with Crippen molar-refractivity contribution >= 4 is 11.9 Å². The zero-order valence-corrected chi connectivity index (χ0v) is 11.3. The average molecular weight is 253 g/mol. The van der Waals surface area contributed by atoms with Crippen LogP contribution in [-0.4, -0.2) is 37.7 Å². The van der Waals surface area contributed by atoms with Crippen molar-refractivity contribution in [3.63, 3.8) is 0 Å². The third-order valence-corrected chi connectivity index (χ3v) is 3.00. The van der Waals surface area contributed by atoms with Crippen molar-refractivity contribution in [1.29, 1.82) is 0 Å². The summed E-state index contributed by atoms with van der Waals surface area (Å²) in [6.45, 7) is 6.75. The van der Waals surface area contributed by atoms with Gasteiger partial charge in [0, 0.05) is 31.3 Å². The molecule has 0 aliphatic carbocycles. The summed E-state index contributed by atoms with van der Waals surface area (Å²) in [5.41, 5.74) is 1.29. The average Bonchev–Trinajstić information content (AvgIpc) is 2.55. The number of hydrogen-bond donors (Lipinski definition) is 1. The molecule has 6 nitrogen and oxygen atoms in total. The van der Waals surface area contributed by atoms with E-state index in [1.165, 1.54) is 18.0 Å². The van der Waals surface area contributed by atoms with E-state index in [1.54, 1.807) is 32.5 Å². The van der Waals surface area contributed by atoms with Crippen molar-refractivity contribution in [3.05, 3.63) is 17.5 Å². The standard InChI is InChI=1S/C12H19N3O3/c1-7(2)15(9(4)16)11(12(17)18)10-6-13-14(5)8(10)3/h6-7,11H,1-5H3,(H,17,18). The summed E-state index contributed by atoms with van der Waals surface area (Å²) in [5.74, 6) is -1.31. The monoisotopic (exact) mass is 253 g/mol. The number of aromatic nitrogens is 2. The predicted octanol–water partition coefficient (Wildman–Crippen LogP) is 1.11. The second-order valence-corrected chi connectivity index (χ2v) is 4.57. The number of carboxylic acid groups (broad SMARTS) is 1. The fourth-order valence-electron chi connectivity index (χ4n) is 2.03. The smallest absolute Gasteiger partial charge is 0.331 e. The minimum atomic E-state index is -1.05. The highest BCUT2D eigenvalue weighted by atomic mass is 16.4. The number of hydrogen-bond acceptors (Lipinski definition) is 3. The van der Waals surface area contributed by atoms with E-state index in [0.717, 1.165) is 5.69 Å². The van der Waals surface area contributed by atoms with Crippen LogP contribution in [0.4, 0.5) is 0 Å². The van der Waals surface area contributed by atoms with Gasteiger partial charge in [0.2, 0.25) is 5.91 Å². The molecule has 18 heavy (non-hydrogen) atoms. The van der Waals surface area contributed by atoms with Gasteiger partial charge in [0.1, 0.15) is 0 Å². The van der Waals surface area contributed by atoms with Gasteiger partial charge < -0.3 is 10.0 Å². The number of nitrogens with zero attached hydrogens (tertiary/aromatic N) is 3. The topological polar surface area (TPSA) is 75.4 Å². The Balaban J connectivity index is 3.29. The van der Waals surface area contributed by atoms with Gasteiger partial charge in [-0.3, -0.25) is 9.48 Å². The highest BCUT2D eigenvalue weighted by molar-refractivity contribution is 5.83. The lowest BCUT2D eigenvalue weighted by Crippen LogP contribution is -2.42. The van der Waals surface area contributed by atoms with Gasteiger partial charge in [-0.1, -0.05) is 0 Å². The van der Waals surface area contributed by atoms with Gasteiger partial charge in [0.25, 0.3) is 0 Å². The van der Waals surface area contributed by atoms with E-state index in [0.29, 0.717) is 5.56 Å². The zero-order chi connectivity index (χ0) is 14.0. The van der Waals surface area contributed by atoms with Gasteiger partial charge in [-0.15, -0.1) is 0 Å². The third-order valence-electron chi connectivity index (χ3n) is 3.00. The first-order chi connectivity index (χ1) is 8.27. The third kappa shape index (κ3) is 2.52. The fraction of sp³-hybridized carbons (Fsp3) is 0.583. The Morgan fingerprint density at radius 3 is 2.28 bits per heavy atom. The van der Waals surface area contributed by atoms with Crippen molar-refractivity contribution in [3.8, 4) is 0 Å². The molecule has 0 aliphatic rings. The Bertz CT molecular complexity index is 465. The molecule has 1 rings (SSSR count). The van der Waals surface area contributed by atoms with Crippen LogP contribution in [0.5, 0.6) is 0 Å². The van der Waals surface area contributed by atoms with Crippen molar-refractivity contribution in [2.45, 2.75) is 39.8 Å². The number of rotatable bonds is 4. The van der Waals surface area contributed by atoms with Gasteiger partial charge in [-0.2, -0.15) is 5.10 Å². The molecule has 0 aromatic carbocycles. The Hall–Kier alpha value is -1.85. The lowest BCUT2D eigenvalue weighted by Gasteiger charge is -2.31.